The maximum Gasteiger partial charge on any atom is 0.270 e. The SMILES string of the molecule is Cc1cc(Nc2cc[nH]c(=O)c2)nc(-c2ccc(C(=O)NC(C)c3cnc(-c4cc(F)cnc4C)nn3)nc2)n1. The minimum Gasteiger partial charge on any atom is -0.342 e. The van der Waals surface area contributed by atoms with Gasteiger partial charge in [-0.3, -0.25) is 19.6 Å². The van der Waals surface area contributed by atoms with Crippen molar-refractivity contribution in [2.45, 2.75) is 26.8 Å². The zero-order valence-corrected chi connectivity index (χ0v) is 21.7. The van der Waals surface area contributed by atoms with E-state index in [9.17, 15) is 14.0 Å². The van der Waals surface area contributed by atoms with Crippen molar-refractivity contribution in [2.75, 3.05) is 5.32 Å². The van der Waals surface area contributed by atoms with Crippen LogP contribution >= 0.6 is 0 Å². The predicted octanol–water partition coefficient (Wildman–Crippen LogP) is 3.46. The van der Waals surface area contributed by atoms with Crippen molar-refractivity contribution in [3.8, 4) is 22.8 Å². The summed E-state index contributed by atoms with van der Waals surface area (Å²) in [4.78, 5) is 48.4. The second kappa shape index (κ2) is 11.1. The van der Waals surface area contributed by atoms with Crippen molar-refractivity contribution < 1.29 is 9.18 Å². The summed E-state index contributed by atoms with van der Waals surface area (Å²) in [5.74, 6) is 0.234. The summed E-state index contributed by atoms with van der Waals surface area (Å²) in [6, 6.07) is 8.93. The van der Waals surface area contributed by atoms with Crippen molar-refractivity contribution in [1.29, 1.82) is 0 Å². The van der Waals surface area contributed by atoms with Crippen LogP contribution < -0.4 is 16.2 Å². The van der Waals surface area contributed by atoms with Crippen LogP contribution in [-0.4, -0.2) is 46.0 Å². The largest absolute Gasteiger partial charge is 0.342 e. The average molecular weight is 539 g/mol. The summed E-state index contributed by atoms with van der Waals surface area (Å²) in [5, 5.41) is 14.1. The van der Waals surface area contributed by atoms with E-state index in [1.54, 1.807) is 38.1 Å². The highest BCUT2D eigenvalue weighted by molar-refractivity contribution is 5.92. The van der Waals surface area contributed by atoms with Crippen LogP contribution in [0.25, 0.3) is 22.8 Å². The first-order valence-electron chi connectivity index (χ1n) is 12.2. The van der Waals surface area contributed by atoms with Gasteiger partial charge in [0.1, 0.15) is 23.0 Å². The Morgan fingerprint density at radius 2 is 1.80 bits per heavy atom. The van der Waals surface area contributed by atoms with Crippen LogP contribution in [0.15, 0.2) is 66.0 Å². The van der Waals surface area contributed by atoms with Gasteiger partial charge in [-0.1, -0.05) is 0 Å². The van der Waals surface area contributed by atoms with Gasteiger partial charge in [0, 0.05) is 52.7 Å². The zero-order chi connectivity index (χ0) is 28.2. The molecule has 1 amide bonds. The maximum atomic E-state index is 13.6. The van der Waals surface area contributed by atoms with E-state index in [1.165, 1.54) is 30.7 Å². The van der Waals surface area contributed by atoms with Crippen LogP contribution in [0.4, 0.5) is 15.9 Å². The van der Waals surface area contributed by atoms with Gasteiger partial charge in [0.15, 0.2) is 11.6 Å². The van der Waals surface area contributed by atoms with Gasteiger partial charge >= 0.3 is 0 Å². The van der Waals surface area contributed by atoms with Crippen LogP contribution in [0.1, 0.15) is 40.5 Å². The average Bonchev–Trinajstić information content (AvgIpc) is 2.94. The quantitative estimate of drug-likeness (QED) is 0.279. The van der Waals surface area contributed by atoms with Crippen LogP contribution in [0.5, 0.6) is 0 Å². The van der Waals surface area contributed by atoms with E-state index in [-0.39, 0.29) is 17.1 Å². The zero-order valence-electron chi connectivity index (χ0n) is 21.7. The molecule has 0 aliphatic rings. The molecule has 0 spiro atoms. The molecule has 200 valence electrons. The first-order chi connectivity index (χ1) is 19.2. The molecule has 0 aliphatic heterocycles. The highest BCUT2D eigenvalue weighted by Gasteiger charge is 2.17. The Morgan fingerprint density at radius 1 is 0.950 bits per heavy atom. The molecule has 0 saturated carbocycles. The second-order valence-electron chi connectivity index (χ2n) is 8.91. The lowest BCUT2D eigenvalue weighted by Crippen LogP contribution is -2.28. The van der Waals surface area contributed by atoms with E-state index in [1.807, 2.05) is 6.92 Å². The van der Waals surface area contributed by atoms with Gasteiger partial charge in [-0.25, -0.2) is 19.3 Å². The van der Waals surface area contributed by atoms with Gasteiger partial charge in [0.2, 0.25) is 5.56 Å². The number of H-pyrrole nitrogens is 1. The fourth-order valence-corrected chi connectivity index (χ4v) is 3.78. The third-order valence-corrected chi connectivity index (χ3v) is 5.82. The monoisotopic (exact) mass is 538 g/mol. The third kappa shape index (κ3) is 5.99. The minimum absolute atomic E-state index is 0.184. The number of nitrogens with zero attached hydrogens (tertiary/aromatic N) is 7. The summed E-state index contributed by atoms with van der Waals surface area (Å²) in [7, 11) is 0. The van der Waals surface area contributed by atoms with Crippen LogP contribution in [0.2, 0.25) is 0 Å². The molecule has 0 aromatic carbocycles. The van der Waals surface area contributed by atoms with Gasteiger partial charge < -0.3 is 15.6 Å². The van der Waals surface area contributed by atoms with Crippen molar-refractivity contribution in [2.24, 2.45) is 0 Å². The Morgan fingerprint density at radius 3 is 2.52 bits per heavy atom. The molecular weight excluding hydrogens is 515 g/mol. The van der Waals surface area contributed by atoms with E-state index in [4.69, 9.17) is 0 Å². The van der Waals surface area contributed by atoms with Gasteiger partial charge in [-0.05, 0) is 45.0 Å². The molecule has 12 nitrogen and oxygen atoms in total. The van der Waals surface area contributed by atoms with Gasteiger partial charge in [-0.2, -0.15) is 0 Å². The Bertz CT molecular complexity index is 1740. The molecule has 5 rings (SSSR count). The van der Waals surface area contributed by atoms with E-state index >= 15 is 0 Å². The summed E-state index contributed by atoms with van der Waals surface area (Å²) in [6.45, 7) is 5.29. The topological polar surface area (TPSA) is 164 Å². The first-order valence-corrected chi connectivity index (χ1v) is 12.2. The number of aromatic nitrogens is 8. The van der Waals surface area contributed by atoms with Gasteiger partial charge in [-0.15, -0.1) is 10.2 Å². The van der Waals surface area contributed by atoms with Crippen LogP contribution in [-0.2, 0) is 0 Å². The molecule has 1 unspecified atom stereocenters. The summed E-state index contributed by atoms with van der Waals surface area (Å²) in [5.41, 5.74) is 3.28. The highest BCUT2D eigenvalue weighted by Crippen LogP contribution is 2.21. The molecule has 5 aromatic heterocycles. The first kappa shape index (κ1) is 26.2. The highest BCUT2D eigenvalue weighted by atomic mass is 19.1. The number of nitrogens with one attached hydrogen (secondary N) is 3. The van der Waals surface area contributed by atoms with Crippen molar-refractivity contribution in [3.63, 3.8) is 0 Å². The minimum atomic E-state index is -0.520. The standard InChI is InChI=1S/C27H23FN10O2/c1-14-8-23(35-19-6-7-29-24(39)10-19)36-25(33-14)17-4-5-21(31-11-17)27(40)34-16(3)22-13-32-26(38-37-22)20-9-18(28)12-30-15(20)2/h4-13,16H,1-3H3,(H,34,40)(H2,29,33,35,36,39). The number of rotatable bonds is 7. The molecule has 0 saturated heterocycles. The second-order valence-corrected chi connectivity index (χ2v) is 8.91. The number of aromatic amines is 1. The van der Waals surface area contributed by atoms with Gasteiger partial charge in [0.05, 0.1) is 18.4 Å². The molecule has 5 aromatic rings. The van der Waals surface area contributed by atoms with Crippen LogP contribution in [0.3, 0.4) is 0 Å². The number of halogens is 1. The number of hydrogen-bond donors (Lipinski definition) is 3. The number of anilines is 2. The third-order valence-electron chi connectivity index (χ3n) is 5.82. The molecule has 1 atom stereocenters. The van der Waals surface area contributed by atoms with E-state index in [2.05, 4.69) is 50.7 Å². The lowest BCUT2D eigenvalue weighted by molar-refractivity contribution is 0.0934. The van der Waals surface area contributed by atoms with E-state index in [0.717, 1.165) is 6.20 Å². The number of carbonyl (C=O) groups is 1. The van der Waals surface area contributed by atoms with E-state index in [0.29, 0.717) is 45.5 Å². The number of amides is 1. The lowest BCUT2D eigenvalue weighted by Gasteiger charge is -2.13. The number of carbonyl (C=O) groups excluding carboxylic acids is 1. The lowest BCUT2D eigenvalue weighted by atomic mass is 10.2. The number of hydrogen-bond acceptors (Lipinski definition) is 10. The molecule has 3 N–H and O–H groups in total. The summed E-state index contributed by atoms with van der Waals surface area (Å²) in [6.07, 6.45) is 5.65. The molecule has 13 heteroatoms. The number of pyridine rings is 3. The smallest absolute Gasteiger partial charge is 0.270 e. The predicted molar refractivity (Wildman–Crippen MR) is 144 cm³/mol. The Labute approximate surface area is 227 Å². The fraction of sp³-hybridized carbons (Fsp3) is 0.148. The van der Waals surface area contributed by atoms with Crippen molar-refractivity contribution >= 4 is 17.4 Å². The van der Waals surface area contributed by atoms with Crippen LogP contribution in [0, 0.1) is 19.7 Å². The molecule has 0 aliphatic carbocycles. The Hall–Kier alpha value is -5.46. The van der Waals surface area contributed by atoms with Gasteiger partial charge in [0.25, 0.3) is 5.91 Å². The number of aryl methyl sites for hydroxylation is 2. The maximum absolute atomic E-state index is 13.6. The summed E-state index contributed by atoms with van der Waals surface area (Å²) < 4.78 is 13.6. The molecule has 0 fully saturated rings. The summed E-state index contributed by atoms with van der Waals surface area (Å²) >= 11 is 0. The molecule has 40 heavy (non-hydrogen) atoms. The molecule has 5 heterocycles. The molecule has 0 radical (unpaired) electrons. The Kier molecular flexibility index (Phi) is 7.27. The normalized spacial score (nSPS) is 11.6. The van der Waals surface area contributed by atoms with E-state index < -0.39 is 17.8 Å². The van der Waals surface area contributed by atoms with Crippen molar-refractivity contribution in [3.05, 3.63) is 100 Å². The molecular formula is C27H23FN10O2. The fourth-order valence-electron chi connectivity index (χ4n) is 3.78. The van der Waals surface area contributed by atoms with Crippen molar-refractivity contribution in [1.82, 2.24) is 45.4 Å². The molecule has 0 bridgehead atoms. The Balaban J connectivity index is 1.27.